The summed E-state index contributed by atoms with van der Waals surface area (Å²) < 4.78 is 1.57. The Bertz CT molecular complexity index is 365. The van der Waals surface area contributed by atoms with Gasteiger partial charge in [0.1, 0.15) is 5.69 Å². The highest BCUT2D eigenvalue weighted by Crippen LogP contribution is 2.31. The highest BCUT2D eigenvalue weighted by Gasteiger charge is 2.36. The van der Waals surface area contributed by atoms with Crippen molar-refractivity contribution in [1.82, 2.24) is 20.3 Å². The second kappa shape index (κ2) is 3.73. The molecule has 0 unspecified atom stereocenters. The molecule has 1 fully saturated rings. The van der Waals surface area contributed by atoms with Gasteiger partial charge in [0.15, 0.2) is 5.78 Å². The molecule has 2 rings (SSSR count). The number of hydrogen-bond donors (Lipinski definition) is 1. The van der Waals surface area contributed by atoms with Crippen molar-refractivity contribution in [2.45, 2.75) is 19.8 Å². The quantitative estimate of drug-likeness (QED) is 0.714. The van der Waals surface area contributed by atoms with Crippen LogP contribution in [-0.2, 0) is 7.05 Å². The average molecular weight is 208 g/mol. The van der Waals surface area contributed by atoms with Crippen molar-refractivity contribution in [3.8, 4) is 0 Å². The first kappa shape index (κ1) is 10.3. The van der Waals surface area contributed by atoms with E-state index in [-0.39, 0.29) is 11.2 Å². The third kappa shape index (κ3) is 1.92. The van der Waals surface area contributed by atoms with E-state index in [9.17, 15) is 4.79 Å². The van der Waals surface area contributed by atoms with E-state index in [2.05, 4.69) is 15.6 Å². The van der Waals surface area contributed by atoms with Crippen LogP contribution in [0.25, 0.3) is 0 Å². The number of ketones is 1. The van der Waals surface area contributed by atoms with Gasteiger partial charge in [-0.2, -0.15) is 0 Å². The molecule has 0 bridgehead atoms. The Labute approximate surface area is 88.9 Å². The molecule has 1 saturated heterocycles. The van der Waals surface area contributed by atoms with Gasteiger partial charge in [0, 0.05) is 12.5 Å². The van der Waals surface area contributed by atoms with Gasteiger partial charge >= 0.3 is 0 Å². The standard InChI is InChI=1S/C10H16N4O/c1-10(3-5-11-6-4-10)9(15)8-7-14(2)13-12-8/h7,11H,3-6H2,1-2H3. The van der Waals surface area contributed by atoms with E-state index in [1.807, 2.05) is 6.92 Å². The molecular weight excluding hydrogens is 192 g/mol. The first-order valence-corrected chi connectivity index (χ1v) is 5.24. The van der Waals surface area contributed by atoms with Crippen LogP contribution in [0.3, 0.4) is 0 Å². The van der Waals surface area contributed by atoms with Gasteiger partial charge in [-0.05, 0) is 25.9 Å². The van der Waals surface area contributed by atoms with Crippen molar-refractivity contribution in [3.63, 3.8) is 0 Å². The zero-order chi connectivity index (χ0) is 10.9. The van der Waals surface area contributed by atoms with Crippen molar-refractivity contribution < 1.29 is 4.79 Å². The predicted octanol–water partition coefficient (Wildman–Crippen LogP) is 0.388. The third-order valence-electron chi connectivity index (χ3n) is 3.09. The molecule has 82 valence electrons. The van der Waals surface area contributed by atoms with Gasteiger partial charge in [-0.1, -0.05) is 12.1 Å². The van der Waals surface area contributed by atoms with Crippen LogP contribution in [-0.4, -0.2) is 33.9 Å². The lowest BCUT2D eigenvalue weighted by molar-refractivity contribution is 0.0756. The summed E-state index contributed by atoms with van der Waals surface area (Å²) in [6.07, 6.45) is 3.44. The molecule has 0 atom stereocenters. The molecular formula is C10H16N4O. The minimum atomic E-state index is -0.263. The summed E-state index contributed by atoms with van der Waals surface area (Å²) in [6, 6.07) is 0. The molecule has 0 spiro atoms. The van der Waals surface area contributed by atoms with E-state index >= 15 is 0 Å². The number of nitrogens with zero attached hydrogens (tertiary/aromatic N) is 3. The van der Waals surface area contributed by atoms with E-state index in [0.717, 1.165) is 25.9 Å². The van der Waals surface area contributed by atoms with Crippen molar-refractivity contribution in [2.24, 2.45) is 12.5 Å². The molecule has 0 saturated carbocycles. The van der Waals surface area contributed by atoms with Gasteiger partial charge < -0.3 is 5.32 Å². The minimum Gasteiger partial charge on any atom is -0.317 e. The van der Waals surface area contributed by atoms with Gasteiger partial charge in [0.25, 0.3) is 0 Å². The molecule has 1 aliphatic rings. The molecule has 5 nitrogen and oxygen atoms in total. The molecule has 2 heterocycles. The summed E-state index contributed by atoms with van der Waals surface area (Å²) in [5.41, 5.74) is 0.225. The number of aryl methyl sites for hydroxylation is 1. The SMILES string of the molecule is Cn1cc(C(=O)C2(C)CCNCC2)nn1. The number of carbonyl (C=O) groups excluding carboxylic acids is 1. The summed E-state index contributed by atoms with van der Waals surface area (Å²) in [4.78, 5) is 12.2. The van der Waals surface area contributed by atoms with Gasteiger partial charge in [-0.3, -0.25) is 9.48 Å². The average Bonchev–Trinajstić information content (AvgIpc) is 2.65. The molecule has 1 N–H and O–H groups in total. The van der Waals surface area contributed by atoms with Gasteiger partial charge in [0.05, 0.1) is 6.20 Å². The zero-order valence-corrected chi connectivity index (χ0v) is 9.16. The lowest BCUT2D eigenvalue weighted by atomic mass is 9.76. The van der Waals surface area contributed by atoms with Crippen LogP contribution in [0.4, 0.5) is 0 Å². The van der Waals surface area contributed by atoms with E-state index in [4.69, 9.17) is 0 Å². The second-order valence-corrected chi connectivity index (χ2v) is 4.42. The molecule has 1 aliphatic heterocycles. The number of aromatic nitrogens is 3. The lowest BCUT2D eigenvalue weighted by Gasteiger charge is -2.31. The van der Waals surface area contributed by atoms with Crippen LogP contribution < -0.4 is 5.32 Å². The summed E-state index contributed by atoms with van der Waals surface area (Å²) in [7, 11) is 1.77. The fourth-order valence-corrected chi connectivity index (χ4v) is 1.97. The molecule has 0 aromatic carbocycles. The van der Waals surface area contributed by atoms with Gasteiger partial charge in [-0.15, -0.1) is 5.10 Å². The number of rotatable bonds is 2. The fraction of sp³-hybridized carbons (Fsp3) is 0.700. The maximum atomic E-state index is 12.2. The fourth-order valence-electron chi connectivity index (χ4n) is 1.97. The van der Waals surface area contributed by atoms with E-state index in [1.165, 1.54) is 0 Å². The van der Waals surface area contributed by atoms with Crippen LogP contribution in [0.2, 0.25) is 0 Å². The molecule has 0 aliphatic carbocycles. The smallest absolute Gasteiger partial charge is 0.190 e. The van der Waals surface area contributed by atoms with E-state index in [1.54, 1.807) is 17.9 Å². The first-order valence-electron chi connectivity index (χ1n) is 5.24. The summed E-state index contributed by atoms with van der Waals surface area (Å²) in [5.74, 6) is 0.122. The number of nitrogens with one attached hydrogen (secondary N) is 1. The maximum Gasteiger partial charge on any atom is 0.190 e. The largest absolute Gasteiger partial charge is 0.317 e. The van der Waals surface area contributed by atoms with Crippen LogP contribution in [0.15, 0.2) is 6.20 Å². The number of piperidine rings is 1. The highest BCUT2D eigenvalue weighted by molar-refractivity contribution is 5.98. The van der Waals surface area contributed by atoms with Crippen LogP contribution >= 0.6 is 0 Å². The molecule has 1 aromatic rings. The lowest BCUT2D eigenvalue weighted by Crippen LogP contribution is -2.40. The Morgan fingerprint density at radius 3 is 2.73 bits per heavy atom. The highest BCUT2D eigenvalue weighted by atomic mass is 16.1. The number of Topliss-reactive ketones (excluding diaryl/α,β-unsaturated/α-hetero) is 1. The zero-order valence-electron chi connectivity index (χ0n) is 9.16. The van der Waals surface area contributed by atoms with E-state index in [0.29, 0.717) is 5.69 Å². The topological polar surface area (TPSA) is 59.8 Å². The van der Waals surface area contributed by atoms with Crippen LogP contribution in [0.1, 0.15) is 30.3 Å². The third-order valence-corrected chi connectivity index (χ3v) is 3.09. The summed E-state index contributed by atoms with van der Waals surface area (Å²) >= 11 is 0. The Morgan fingerprint density at radius 2 is 2.20 bits per heavy atom. The Morgan fingerprint density at radius 1 is 1.53 bits per heavy atom. The summed E-state index contributed by atoms with van der Waals surface area (Å²) in [5, 5.41) is 10.9. The molecule has 0 radical (unpaired) electrons. The van der Waals surface area contributed by atoms with Crippen LogP contribution in [0, 0.1) is 5.41 Å². The molecule has 0 amide bonds. The Hall–Kier alpha value is -1.23. The van der Waals surface area contributed by atoms with Gasteiger partial charge in [-0.25, -0.2) is 0 Å². The monoisotopic (exact) mass is 208 g/mol. The van der Waals surface area contributed by atoms with Crippen molar-refractivity contribution >= 4 is 5.78 Å². The minimum absolute atomic E-state index is 0.122. The maximum absolute atomic E-state index is 12.2. The van der Waals surface area contributed by atoms with Crippen molar-refractivity contribution in [3.05, 3.63) is 11.9 Å². The first-order chi connectivity index (χ1) is 7.12. The Balaban J connectivity index is 2.19. The normalized spacial score (nSPS) is 20.1. The van der Waals surface area contributed by atoms with E-state index < -0.39 is 0 Å². The molecule has 5 heteroatoms. The van der Waals surface area contributed by atoms with Gasteiger partial charge in [0.2, 0.25) is 0 Å². The second-order valence-electron chi connectivity index (χ2n) is 4.42. The molecule has 1 aromatic heterocycles. The van der Waals surface area contributed by atoms with Crippen molar-refractivity contribution in [1.29, 1.82) is 0 Å². The number of hydrogen-bond acceptors (Lipinski definition) is 4. The van der Waals surface area contributed by atoms with Crippen molar-refractivity contribution in [2.75, 3.05) is 13.1 Å². The Kier molecular flexibility index (Phi) is 2.56. The summed E-state index contributed by atoms with van der Waals surface area (Å²) in [6.45, 7) is 3.83. The number of carbonyl (C=O) groups is 1. The van der Waals surface area contributed by atoms with Crippen LogP contribution in [0.5, 0.6) is 0 Å². The predicted molar refractivity (Wildman–Crippen MR) is 55.5 cm³/mol. The molecule has 15 heavy (non-hydrogen) atoms.